The predicted molar refractivity (Wildman–Crippen MR) is 60.1 cm³/mol. The molecule has 1 atom stereocenters. The molecule has 1 heterocycles. The SMILES string of the molecule is NC[C@H]1CCN(c2ccc(F)cc2F)S1(=O)=O. The summed E-state index contributed by atoms with van der Waals surface area (Å²) in [4.78, 5) is 0. The van der Waals surface area contributed by atoms with Gasteiger partial charge in [0, 0.05) is 19.2 Å². The topological polar surface area (TPSA) is 63.4 Å². The fraction of sp³-hybridized carbons (Fsp3) is 0.400. The van der Waals surface area contributed by atoms with E-state index in [0.717, 1.165) is 16.4 Å². The van der Waals surface area contributed by atoms with Crippen LogP contribution in [-0.4, -0.2) is 26.8 Å². The Morgan fingerprint density at radius 2 is 2.12 bits per heavy atom. The zero-order valence-corrected chi connectivity index (χ0v) is 9.75. The van der Waals surface area contributed by atoms with Crippen molar-refractivity contribution in [2.24, 2.45) is 5.73 Å². The smallest absolute Gasteiger partial charge is 0.239 e. The average molecular weight is 262 g/mol. The molecule has 1 saturated heterocycles. The standard InChI is InChI=1S/C10H12F2N2O2S/c11-7-1-2-10(9(12)5-7)14-4-3-8(6-13)17(14,15)16/h1-2,5,8H,3-4,6,13H2/t8-/m1/s1. The van der Waals surface area contributed by atoms with Gasteiger partial charge in [0.05, 0.1) is 10.9 Å². The lowest BCUT2D eigenvalue weighted by Crippen LogP contribution is -2.33. The van der Waals surface area contributed by atoms with Crippen molar-refractivity contribution in [3.05, 3.63) is 29.8 Å². The highest BCUT2D eigenvalue weighted by Crippen LogP contribution is 2.30. The molecule has 0 aromatic heterocycles. The fourth-order valence-corrected chi connectivity index (χ4v) is 3.69. The van der Waals surface area contributed by atoms with E-state index in [1.165, 1.54) is 0 Å². The maximum absolute atomic E-state index is 13.5. The zero-order valence-electron chi connectivity index (χ0n) is 8.94. The summed E-state index contributed by atoms with van der Waals surface area (Å²) >= 11 is 0. The highest BCUT2D eigenvalue weighted by atomic mass is 32.2. The number of nitrogens with two attached hydrogens (primary N) is 1. The van der Waals surface area contributed by atoms with Crippen molar-refractivity contribution in [2.45, 2.75) is 11.7 Å². The molecular weight excluding hydrogens is 250 g/mol. The lowest BCUT2D eigenvalue weighted by molar-refractivity contribution is 0.576. The molecule has 0 spiro atoms. The van der Waals surface area contributed by atoms with Crippen LogP contribution in [0.5, 0.6) is 0 Å². The molecule has 0 bridgehead atoms. The third kappa shape index (κ3) is 2.00. The predicted octanol–water partition coefficient (Wildman–Crippen LogP) is 0.832. The van der Waals surface area contributed by atoms with Gasteiger partial charge in [0.15, 0.2) is 0 Å². The Kier molecular flexibility index (Phi) is 3.05. The zero-order chi connectivity index (χ0) is 12.6. The third-order valence-electron chi connectivity index (χ3n) is 2.82. The summed E-state index contributed by atoms with van der Waals surface area (Å²) in [6, 6.07) is 2.82. The van der Waals surface area contributed by atoms with E-state index >= 15 is 0 Å². The molecule has 1 aliphatic rings. The van der Waals surface area contributed by atoms with Crippen LogP contribution in [0.15, 0.2) is 18.2 Å². The van der Waals surface area contributed by atoms with Gasteiger partial charge in [0.2, 0.25) is 10.0 Å². The van der Waals surface area contributed by atoms with Crippen molar-refractivity contribution in [2.75, 3.05) is 17.4 Å². The van der Waals surface area contributed by atoms with Gasteiger partial charge in [-0.2, -0.15) is 0 Å². The molecule has 2 N–H and O–H groups in total. The first-order valence-corrected chi connectivity index (χ1v) is 6.64. The van der Waals surface area contributed by atoms with Crippen molar-refractivity contribution >= 4 is 15.7 Å². The van der Waals surface area contributed by atoms with Crippen molar-refractivity contribution in [3.63, 3.8) is 0 Å². The van der Waals surface area contributed by atoms with Gasteiger partial charge in [-0.1, -0.05) is 0 Å². The van der Waals surface area contributed by atoms with E-state index in [9.17, 15) is 17.2 Å². The Labute approximate surface area is 98.1 Å². The Hall–Kier alpha value is -1.21. The molecule has 1 aromatic rings. The van der Waals surface area contributed by atoms with Crippen molar-refractivity contribution in [1.29, 1.82) is 0 Å². The molecule has 0 amide bonds. The summed E-state index contributed by atoms with van der Waals surface area (Å²) in [5.74, 6) is -1.62. The van der Waals surface area contributed by atoms with Crippen LogP contribution >= 0.6 is 0 Å². The molecule has 2 rings (SSSR count). The summed E-state index contributed by atoms with van der Waals surface area (Å²) < 4.78 is 51.1. The summed E-state index contributed by atoms with van der Waals surface area (Å²) in [5, 5.41) is -0.688. The van der Waals surface area contributed by atoms with Crippen molar-refractivity contribution in [3.8, 4) is 0 Å². The number of nitrogens with zero attached hydrogens (tertiary/aromatic N) is 1. The lowest BCUT2D eigenvalue weighted by Gasteiger charge is -2.19. The molecule has 7 heteroatoms. The van der Waals surface area contributed by atoms with Gasteiger partial charge in [-0.15, -0.1) is 0 Å². The number of hydrogen-bond acceptors (Lipinski definition) is 3. The lowest BCUT2D eigenvalue weighted by atomic mass is 10.2. The van der Waals surface area contributed by atoms with E-state index in [2.05, 4.69) is 0 Å². The first-order chi connectivity index (χ1) is 7.96. The molecular formula is C10H12F2N2O2S. The summed E-state index contributed by atoms with van der Waals surface area (Å²) in [5.41, 5.74) is 5.23. The Morgan fingerprint density at radius 1 is 1.41 bits per heavy atom. The number of rotatable bonds is 2. The van der Waals surface area contributed by atoms with E-state index in [1.54, 1.807) is 0 Å². The second-order valence-electron chi connectivity index (χ2n) is 3.86. The monoisotopic (exact) mass is 262 g/mol. The van der Waals surface area contributed by atoms with E-state index < -0.39 is 26.9 Å². The van der Waals surface area contributed by atoms with Gasteiger partial charge >= 0.3 is 0 Å². The van der Waals surface area contributed by atoms with Gasteiger partial charge in [-0.25, -0.2) is 17.2 Å². The minimum Gasteiger partial charge on any atom is -0.329 e. The average Bonchev–Trinajstić information content (AvgIpc) is 2.54. The normalized spacial score (nSPS) is 23.0. The first kappa shape index (κ1) is 12.3. The molecule has 0 saturated carbocycles. The van der Waals surface area contributed by atoms with E-state index in [1.807, 2.05) is 0 Å². The molecule has 94 valence electrons. The van der Waals surface area contributed by atoms with E-state index in [-0.39, 0.29) is 18.8 Å². The number of sulfonamides is 1. The maximum Gasteiger partial charge on any atom is 0.239 e. The Balaban J connectivity index is 2.42. The molecule has 1 aromatic carbocycles. The van der Waals surface area contributed by atoms with Gasteiger partial charge in [0.1, 0.15) is 11.6 Å². The molecule has 17 heavy (non-hydrogen) atoms. The molecule has 4 nitrogen and oxygen atoms in total. The highest BCUT2D eigenvalue weighted by molar-refractivity contribution is 7.93. The van der Waals surface area contributed by atoms with Crippen LogP contribution in [0.1, 0.15) is 6.42 Å². The fourth-order valence-electron chi connectivity index (χ4n) is 1.90. The van der Waals surface area contributed by atoms with Crippen LogP contribution in [0.3, 0.4) is 0 Å². The molecule has 1 aliphatic heterocycles. The second-order valence-corrected chi connectivity index (χ2v) is 6.00. The van der Waals surface area contributed by atoms with Crippen LogP contribution in [0.4, 0.5) is 14.5 Å². The van der Waals surface area contributed by atoms with Crippen LogP contribution < -0.4 is 10.0 Å². The quantitative estimate of drug-likeness (QED) is 0.858. The first-order valence-electron chi connectivity index (χ1n) is 5.13. The van der Waals surface area contributed by atoms with E-state index in [4.69, 9.17) is 5.73 Å². The van der Waals surface area contributed by atoms with Crippen LogP contribution in [0.25, 0.3) is 0 Å². The summed E-state index contributed by atoms with van der Waals surface area (Å²) in [6.07, 6.45) is 0.357. The molecule has 0 aliphatic carbocycles. The minimum atomic E-state index is -3.62. The highest BCUT2D eigenvalue weighted by Gasteiger charge is 2.38. The number of halogens is 2. The number of benzene rings is 1. The molecule has 0 unspecified atom stereocenters. The minimum absolute atomic E-state index is 0.00163. The summed E-state index contributed by atoms with van der Waals surface area (Å²) in [7, 11) is -3.62. The van der Waals surface area contributed by atoms with Crippen molar-refractivity contribution in [1.82, 2.24) is 0 Å². The van der Waals surface area contributed by atoms with Gasteiger partial charge < -0.3 is 5.73 Å². The van der Waals surface area contributed by atoms with Crippen LogP contribution in [-0.2, 0) is 10.0 Å². The van der Waals surface area contributed by atoms with Gasteiger partial charge in [0.25, 0.3) is 0 Å². The van der Waals surface area contributed by atoms with Gasteiger partial charge in [-0.05, 0) is 18.6 Å². The summed E-state index contributed by atoms with van der Waals surface area (Å²) in [6.45, 7) is 0.175. The largest absolute Gasteiger partial charge is 0.329 e. The Morgan fingerprint density at radius 3 is 2.65 bits per heavy atom. The Bertz CT molecular complexity index is 533. The number of anilines is 1. The van der Waals surface area contributed by atoms with Crippen LogP contribution in [0, 0.1) is 11.6 Å². The van der Waals surface area contributed by atoms with Gasteiger partial charge in [-0.3, -0.25) is 4.31 Å². The second kappa shape index (κ2) is 4.23. The van der Waals surface area contributed by atoms with E-state index in [0.29, 0.717) is 12.5 Å². The van der Waals surface area contributed by atoms with Crippen molar-refractivity contribution < 1.29 is 17.2 Å². The molecule has 0 radical (unpaired) electrons. The molecule has 1 fully saturated rings. The number of hydrogen-bond donors (Lipinski definition) is 1. The third-order valence-corrected chi connectivity index (χ3v) is 5.09. The maximum atomic E-state index is 13.5. The van der Waals surface area contributed by atoms with Crippen LogP contribution in [0.2, 0.25) is 0 Å².